The molecule has 0 spiro atoms. The number of hydrogen-bond donors (Lipinski definition) is 1. The van der Waals surface area contributed by atoms with Gasteiger partial charge >= 0.3 is 0 Å². The lowest BCUT2D eigenvalue weighted by molar-refractivity contribution is -0.132. The molecule has 1 N–H and O–H groups in total. The maximum absolute atomic E-state index is 12.1. The highest BCUT2D eigenvalue weighted by atomic mass is 79.9. The summed E-state index contributed by atoms with van der Waals surface area (Å²) in [5, 5.41) is 4.99. The van der Waals surface area contributed by atoms with Crippen LogP contribution < -0.4 is 5.32 Å². The Balaban J connectivity index is 1.91. The summed E-state index contributed by atoms with van der Waals surface area (Å²) in [7, 11) is 1.66. The molecule has 2 amide bonds. The van der Waals surface area contributed by atoms with Gasteiger partial charge in [0.1, 0.15) is 0 Å². The van der Waals surface area contributed by atoms with Gasteiger partial charge in [0.25, 0.3) is 5.91 Å². The molecule has 0 saturated carbocycles. The zero-order valence-electron chi connectivity index (χ0n) is 10.7. The second kappa shape index (κ2) is 6.49. The molecule has 1 aromatic rings. The second-order valence-corrected chi connectivity index (χ2v) is 6.72. The first-order valence-corrected chi connectivity index (χ1v) is 7.73. The smallest absolute Gasteiger partial charge is 0.254 e. The van der Waals surface area contributed by atoms with E-state index in [9.17, 15) is 9.59 Å². The molecule has 104 valence electrons. The maximum Gasteiger partial charge on any atom is 0.254 e. The number of rotatable bonds is 3. The topological polar surface area (TPSA) is 52.7 Å². The van der Waals surface area contributed by atoms with E-state index in [-0.39, 0.29) is 18.4 Å². The molecule has 0 radical (unpaired) electrons. The Hall–Kier alpha value is -0.920. The molecule has 2 rings (SSSR count). The Bertz CT molecular complexity index is 471. The number of halogens is 1. The quantitative estimate of drug-likeness (QED) is 0.889. The number of thiophene rings is 1. The van der Waals surface area contributed by atoms with Gasteiger partial charge in [-0.1, -0.05) is 0 Å². The lowest BCUT2D eigenvalue weighted by atomic mass is 10.3. The van der Waals surface area contributed by atoms with E-state index in [4.69, 9.17) is 0 Å². The van der Waals surface area contributed by atoms with E-state index in [1.165, 1.54) is 16.2 Å². The molecule has 7 heteroatoms. The molecule has 0 aliphatic carbocycles. The van der Waals surface area contributed by atoms with Gasteiger partial charge < -0.3 is 15.1 Å². The van der Waals surface area contributed by atoms with E-state index >= 15 is 0 Å². The van der Waals surface area contributed by atoms with Crippen molar-refractivity contribution in [2.24, 2.45) is 0 Å². The lowest BCUT2D eigenvalue weighted by Crippen LogP contribution is -2.49. The van der Waals surface area contributed by atoms with Gasteiger partial charge in [0.2, 0.25) is 5.91 Å². The van der Waals surface area contributed by atoms with Crippen LogP contribution in [0.2, 0.25) is 0 Å². The van der Waals surface area contributed by atoms with Crippen molar-refractivity contribution in [1.29, 1.82) is 0 Å². The van der Waals surface area contributed by atoms with E-state index in [1.54, 1.807) is 23.4 Å². The first-order valence-electron chi connectivity index (χ1n) is 6.06. The molecule has 1 saturated heterocycles. The summed E-state index contributed by atoms with van der Waals surface area (Å²) in [6.07, 6.45) is 0. The Morgan fingerprint density at radius 3 is 2.74 bits per heavy atom. The van der Waals surface area contributed by atoms with Crippen molar-refractivity contribution >= 4 is 39.1 Å². The summed E-state index contributed by atoms with van der Waals surface area (Å²) in [5.74, 6) is -0.114. The summed E-state index contributed by atoms with van der Waals surface area (Å²) >= 11 is 4.79. The van der Waals surface area contributed by atoms with Gasteiger partial charge in [-0.15, -0.1) is 11.3 Å². The SMILES string of the molecule is CN(CC(=O)N1CCNCC1)C(=O)c1csc(Br)c1. The van der Waals surface area contributed by atoms with E-state index in [1.807, 2.05) is 0 Å². The molecule has 1 aromatic heterocycles. The zero-order chi connectivity index (χ0) is 13.8. The van der Waals surface area contributed by atoms with Gasteiger partial charge in [-0.25, -0.2) is 0 Å². The summed E-state index contributed by atoms with van der Waals surface area (Å²) in [4.78, 5) is 27.4. The molecule has 0 bridgehead atoms. The number of likely N-dealkylation sites (N-methyl/N-ethyl adjacent to an activating group) is 1. The van der Waals surface area contributed by atoms with E-state index < -0.39 is 0 Å². The van der Waals surface area contributed by atoms with Crippen LogP contribution in [-0.4, -0.2) is 61.4 Å². The number of nitrogens with one attached hydrogen (secondary N) is 1. The van der Waals surface area contributed by atoms with Crippen LogP contribution in [0.1, 0.15) is 10.4 Å². The summed E-state index contributed by atoms with van der Waals surface area (Å²) in [5.41, 5.74) is 0.618. The fraction of sp³-hybridized carbons (Fsp3) is 0.500. The largest absolute Gasteiger partial charge is 0.339 e. The third kappa shape index (κ3) is 3.77. The Labute approximate surface area is 124 Å². The Morgan fingerprint density at radius 2 is 2.16 bits per heavy atom. The first kappa shape index (κ1) is 14.5. The van der Waals surface area contributed by atoms with Crippen molar-refractivity contribution < 1.29 is 9.59 Å². The van der Waals surface area contributed by atoms with Crippen molar-refractivity contribution in [3.63, 3.8) is 0 Å². The van der Waals surface area contributed by atoms with Crippen LogP contribution >= 0.6 is 27.3 Å². The Morgan fingerprint density at radius 1 is 1.47 bits per heavy atom. The standard InChI is InChI=1S/C12H16BrN3O2S/c1-15(12(18)9-6-10(13)19-8-9)7-11(17)16-4-2-14-3-5-16/h6,8,14H,2-5,7H2,1H3. The van der Waals surface area contributed by atoms with Crippen LogP contribution in [0.3, 0.4) is 0 Å². The van der Waals surface area contributed by atoms with Gasteiger partial charge in [-0.2, -0.15) is 0 Å². The number of carbonyl (C=O) groups excluding carboxylic acids is 2. The van der Waals surface area contributed by atoms with Gasteiger partial charge in [0, 0.05) is 38.6 Å². The molecule has 2 heterocycles. The fourth-order valence-electron chi connectivity index (χ4n) is 1.93. The van der Waals surface area contributed by atoms with Crippen molar-refractivity contribution in [2.75, 3.05) is 39.8 Å². The molecule has 0 atom stereocenters. The van der Waals surface area contributed by atoms with Crippen molar-refractivity contribution in [1.82, 2.24) is 15.1 Å². The number of carbonyl (C=O) groups is 2. The Kier molecular flexibility index (Phi) is 4.95. The molecule has 0 unspecified atom stereocenters. The van der Waals surface area contributed by atoms with Crippen LogP contribution in [0.4, 0.5) is 0 Å². The molecule has 1 aliphatic heterocycles. The number of nitrogens with zero attached hydrogens (tertiary/aromatic N) is 2. The molecule has 5 nitrogen and oxygen atoms in total. The fourth-order valence-corrected chi connectivity index (χ4v) is 3.06. The summed E-state index contributed by atoms with van der Waals surface area (Å²) in [6, 6.07) is 1.78. The number of piperazine rings is 1. The normalized spacial score (nSPS) is 15.4. The molecule has 1 aliphatic rings. The molecule has 19 heavy (non-hydrogen) atoms. The number of amides is 2. The molecule has 1 fully saturated rings. The highest BCUT2D eigenvalue weighted by Gasteiger charge is 2.21. The minimum Gasteiger partial charge on any atom is -0.339 e. The molecule has 0 aromatic carbocycles. The van der Waals surface area contributed by atoms with Crippen LogP contribution in [0.25, 0.3) is 0 Å². The summed E-state index contributed by atoms with van der Waals surface area (Å²) in [6.45, 7) is 3.20. The van der Waals surface area contributed by atoms with Crippen LogP contribution in [0.15, 0.2) is 15.2 Å². The van der Waals surface area contributed by atoms with Gasteiger partial charge in [0.15, 0.2) is 0 Å². The highest BCUT2D eigenvalue weighted by Crippen LogP contribution is 2.21. The first-order chi connectivity index (χ1) is 9.08. The van der Waals surface area contributed by atoms with Crippen LogP contribution in [0, 0.1) is 0 Å². The van der Waals surface area contributed by atoms with Gasteiger partial charge in [-0.05, 0) is 22.0 Å². The van der Waals surface area contributed by atoms with Crippen molar-refractivity contribution in [3.05, 3.63) is 20.8 Å². The third-order valence-electron chi connectivity index (χ3n) is 3.00. The average Bonchev–Trinajstić information content (AvgIpc) is 2.85. The van der Waals surface area contributed by atoms with Crippen LogP contribution in [0.5, 0.6) is 0 Å². The van der Waals surface area contributed by atoms with E-state index in [0.717, 1.165) is 16.9 Å². The minimum absolute atomic E-state index is 0.00615. The van der Waals surface area contributed by atoms with Gasteiger partial charge in [-0.3, -0.25) is 9.59 Å². The predicted octanol–water partition coefficient (Wildman–Crippen LogP) is 1.01. The summed E-state index contributed by atoms with van der Waals surface area (Å²) < 4.78 is 0.915. The molecular weight excluding hydrogens is 330 g/mol. The van der Waals surface area contributed by atoms with Crippen LogP contribution in [-0.2, 0) is 4.79 Å². The minimum atomic E-state index is -0.120. The second-order valence-electron chi connectivity index (χ2n) is 4.43. The number of hydrogen-bond acceptors (Lipinski definition) is 4. The maximum atomic E-state index is 12.1. The van der Waals surface area contributed by atoms with Crippen molar-refractivity contribution in [2.45, 2.75) is 0 Å². The van der Waals surface area contributed by atoms with E-state index in [2.05, 4.69) is 21.2 Å². The van der Waals surface area contributed by atoms with Gasteiger partial charge in [0.05, 0.1) is 15.9 Å². The average molecular weight is 346 g/mol. The lowest BCUT2D eigenvalue weighted by Gasteiger charge is -2.29. The monoisotopic (exact) mass is 345 g/mol. The predicted molar refractivity (Wildman–Crippen MR) is 78.4 cm³/mol. The zero-order valence-corrected chi connectivity index (χ0v) is 13.1. The third-order valence-corrected chi connectivity index (χ3v) is 4.51. The highest BCUT2D eigenvalue weighted by molar-refractivity contribution is 9.11. The van der Waals surface area contributed by atoms with E-state index in [0.29, 0.717) is 18.7 Å². The van der Waals surface area contributed by atoms with Crippen molar-refractivity contribution in [3.8, 4) is 0 Å². The molecular formula is C12H16BrN3O2S.